The Morgan fingerprint density at radius 3 is 1.60 bits per heavy atom. The highest BCUT2D eigenvalue weighted by atomic mass is 16.4. The zero-order chi connectivity index (χ0) is 21.8. The monoisotopic (exact) mass is 403 g/mol. The molecule has 0 saturated heterocycles. The minimum atomic E-state index is -0.881. The van der Waals surface area contributed by atoms with Crippen molar-refractivity contribution in [3.8, 4) is 0 Å². The Labute approximate surface area is 175 Å². The second-order valence-electron chi connectivity index (χ2n) is 7.62. The molecular formula is C25H25NO4. The molecular weight excluding hydrogens is 378 g/mol. The van der Waals surface area contributed by atoms with Gasteiger partial charge in [0.1, 0.15) is 0 Å². The average Bonchev–Trinajstić information content (AvgIpc) is 2.67. The number of rotatable bonds is 7. The molecule has 0 aliphatic heterocycles. The fourth-order valence-corrected chi connectivity index (χ4v) is 3.79. The first-order chi connectivity index (χ1) is 14.2. The highest BCUT2D eigenvalue weighted by Crippen LogP contribution is 2.37. The van der Waals surface area contributed by atoms with Crippen LogP contribution >= 0.6 is 0 Å². The Balaban J connectivity index is 2.22. The van der Waals surface area contributed by atoms with Gasteiger partial charge in [-0.05, 0) is 64.9 Å². The zero-order valence-corrected chi connectivity index (χ0v) is 17.1. The second-order valence-corrected chi connectivity index (χ2v) is 7.62. The van der Waals surface area contributed by atoms with E-state index >= 15 is 0 Å². The number of hydrogen-bond donors (Lipinski definition) is 3. The number of aryl methyl sites for hydroxylation is 2. The Bertz CT molecular complexity index is 1020. The van der Waals surface area contributed by atoms with E-state index in [9.17, 15) is 19.8 Å². The van der Waals surface area contributed by atoms with Crippen LogP contribution in [0.3, 0.4) is 0 Å². The molecule has 3 aromatic carbocycles. The Morgan fingerprint density at radius 1 is 0.767 bits per heavy atom. The van der Waals surface area contributed by atoms with E-state index in [1.165, 1.54) is 0 Å². The van der Waals surface area contributed by atoms with Gasteiger partial charge in [0.15, 0.2) is 0 Å². The average molecular weight is 403 g/mol. The van der Waals surface area contributed by atoms with Crippen molar-refractivity contribution in [2.45, 2.75) is 32.6 Å². The molecule has 0 heterocycles. The fourth-order valence-electron chi connectivity index (χ4n) is 3.79. The van der Waals surface area contributed by atoms with E-state index in [0.29, 0.717) is 5.69 Å². The smallest absolute Gasteiger partial charge is 0.307 e. The molecule has 0 amide bonds. The predicted molar refractivity (Wildman–Crippen MR) is 117 cm³/mol. The number of nitrogens with two attached hydrogens (primary N) is 1. The summed E-state index contributed by atoms with van der Waals surface area (Å²) in [6, 6.07) is 19.0. The van der Waals surface area contributed by atoms with Crippen LogP contribution in [0, 0.1) is 13.8 Å². The minimum absolute atomic E-state index is 0.0558. The van der Waals surface area contributed by atoms with Gasteiger partial charge >= 0.3 is 11.9 Å². The van der Waals surface area contributed by atoms with Crippen molar-refractivity contribution in [1.82, 2.24) is 0 Å². The highest BCUT2D eigenvalue weighted by Gasteiger charge is 2.22. The van der Waals surface area contributed by atoms with Crippen molar-refractivity contribution < 1.29 is 19.8 Å². The largest absolute Gasteiger partial charge is 0.481 e. The van der Waals surface area contributed by atoms with Gasteiger partial charge < -0.3 is 15.9 Å². The van der Waals surface area contributed by atoms with Crippen LogP contribution in [0.25, 0.3) is 0 Å². The molecule has 5 nitrogen and oxygen atoms in total. The summed E-state index contributed by atoms with van der Waals surface area (Å²) in [4.78, 5) is 22.5. The maximum atomic E-state index is 11.2. The molecule has 30 heavy (non-hydrogen) atoms. The number of nitrogen functional groups attached to an aromatic ring is 1. The summed E-state index contributed by atoms with van der Waals surface area (Å²) in [6.07, 6.45) is -0.112. The van der Waals surface area contributed by atoms with Gasteiger partial charge in [-0.1, -0.05) is 48.5 Å². The third-order valence-electron chi connectivity index (χ3n) is 5.29. The molecule has 3 rings (SSSR count). The van der Waals surface area contributed by atoms with Crippen LogP contribution in [0.1, 0.15) is 44.9 Å². The molecule has 0 spiro atoms. The maximum absolute atomic E-state index is 11.2. The van der Waals surface area contributed by atoms with Crippen molar-refractivity contribution in [1.29, 1.82) is 0 Å². The Morgan fingerprint density at radius 2 is 1.20 bits per heavy atom. The van der Waals surface area contributed by atoms with E-state index in [1.807, 2.05) is 74.5 Å². The van der Waals surface area contributed by atoms with Crippen LogP contribution in [0.2, 0.25) is 0 Å². The molecule has 0 aliphatic rings. The van der Waals surface area contributed by atoms with Crippen molar-refractivity contribution in [2.24, 2.45) is 0 Å². The second kappa shape index (κ2) is 8.82. The van der Waals surface area contributed by atoms with Gasteiger partial charge in [-0.3, -0.25) is 9.59 Å². The molecule has 3 aromatic rings. The third kappa shape index (κ3) is 4.87. The van der Waals surface area contributed by atoms with Gasteiger partial charge in [0, 0.05) is 11.6 Å². The first kappa shape index (κ1) is 21.1. The Kier molecular flexibility index (Phi) is 6.21. The van der Waals surface area contributed by atoms with Crippen LogP contribution in [-0.4, -0.2) is 22.2 Å². The summed E-state index contributed by atoms with van der Waals surface area (Å²) < 4.78 is 0. The lowest BCUT2D eigenvalue weighted by Gasteiger charge is -2.24. The van der Waals surface area contributed by atoms with E-state index in [0.717, 1.165) is 38.9 Å². The summed E-state index contributed by atoms with van der Waals surface area (Å²) in [5.41, 5.74) is 13.1. The minimum Gasteiger partial charge on any atom is -0.481 e. The number of carboxylic acid groups (broad SMARTS) is 2. The number of aliphatic carboxylic acids is 2. The van der Waals surface area contributed by atoms with Crippen LogP contribution in [0.5, 0.6) is 0 Å². The van der Waals surface area contributed by atoms with Crippen molar-refractivity contribution in [3.63, 3.8) is 0 Å². The van der Waals surface area contributed by atoms with E-state index in [-0.39, 0.29) is 18.8 Å². The lowest BCUT2D eigenvalue weighted by Crippen LogP contribution is -2.10. The lowest BCUT2D eigenvalue weighted by molar-refractivity contribution is -0.137. The summed E-state index contributed by atoms with van der Waals surface area (Å²) in [7, 11) is 0. The quantitative estimate of drug-likeness (QED) is 0.403. The van der Waals surface area contributed by atoms with Crippen LogP contribution < -0.4 is 5.73 Å². The molecule has 4 N–H and O–H groups in total. The normalized spacial score (nSPS) is 10.9. The number of carbonyl (C=O) groups is 2. The number of carboxylic acids is 2. The van der Waals surface area contributed by atoms with Crippen LogP contribution in [-0.2, 0) is 22.4 Å². The first-order valence-electron chi connectivity index (χ1n) is 9.72. The van der Waals surface area contributed by atoms with Gasteiger partial charge in [0.25, 0.3) is 0 Å². The van der Waals surface area contributed by atoms with Gasteiger partial charge in [0.2, 0.25) is 0 Å². The molecule has 0 aliphatic carbocycles. The molecule has 0 saturated carbocycles. The molecule has 0 fully saturated rings. The SMILES string of the molecule is Cc1ccc(CC(=O)O)cc1C(c1ccc(N)cc1)c1cc(CC(=O)O)ccc1C. The zero-order valence-electron chi connectivity index (χ0n) is 17.1. The van der Waals surface area contributed by atoms with E-state index in [4.69, 9.17) is 5.73 Å². The third-order valence-corrected chi connectivity index (χ3v) is 5.29. The molecule has 0 atom stereocenters. The standard InChI is InChI=1S/C25H25NO4/c1-15-3-5-17(13-23(27)28)11-21(15)25(19-7-9-20(26)10-8-19)22-12-18(14-24(29)30)6-4-16(22)2/h3-12,25H,13-14,26H2,1-2H3,(H,27,28)(H,29,30). The van der Waals surface area contributed by atoms with E-state index in [1.54, 1.807) is 0 Å². The topological polar surface area (TPSA) is 101 Å². The maximum Gasteiger partial charge on any atom is 0.307 e. The number of anilines is 1. The van der Waals surface area contributed by atoms with Gasteiger partial charge in [-0.15, -0.1) is 0 Å². The van der Waals surface area contributed by atoms with Gasteiger partial charge in [-0.2, -0.15) is 0 Å². The van der Waals surface area contributed by atoms with E-state index < -0.39 is 11.9 Å². The molecule has 0 unspecified atom stereocenters. The number of hydrogen-bond acceptors (Lipinski definition) is 3. The first-order valence-corrected chi connectivity index (χ1v) is 9.72. The van der Waals surface area contributed by atoms with Crippen molar-refractivity contribution in [3.05, 3.63) is 99.6 Å². The molecule has 0 bridgehead atoms. The molecule has 154 valence electrons. The summed E-state index contributed by atoms with van der Waals surface area (Å²) in [6.45, 7) is 4.00. The number of benzene rings is 3. The lowest BCUT2D eigenvalue weighted by atomic mass is 9.80. The summed E-state index contributed by atoms with van der Waals surface area (Å²) in [5, 5.41) is 18.5. The van der Waals surface area contributed by atoms with Crippen LogP contribution in [0.4, 0.5) is 5.69 Å². The predicted octanol–water partition coefficient (Wildman–Crippen LogP) is 4.32. The van der Waals surface area contributed by atoms with E-state index in [2.05, 4.69) is 0 Å². The molecule has 0 aromatic heterocycles. The molecule has 0 radical (unpaired) electrons. The van der Waals surface area contributed by atoms with Gasteiger partial charge in [-0.25, -0.2) is 0 Å². The van der Waals surface area contributed by atoms with Crippen molar-refractivity contribution >= 4 is 17.6 Å². The van der Waals surface area contributed by atoms with Crippen LogP contribution in [0.15, 0.2) is 60.7 Å². The summed E-state index contributed by atoms with van der Waals surface area (Å²) in [5.74, 6) is -1.94. The van der Waals surface area contributed by atoms with Gasteiger partial charge in [0.05, 0.1) is 12.8 Å². The van der Waals surface area contributed by atoms with Crippen molar-refractivity contribution in [2.75, 3.05) is 5.73 Å². The fraction of sp³-hybridized carbons (Fsp3) is 0.200. The Hall–Kier alpha value is -3.60. The summed E-state index contributed by atoms with van der Waals surface area (Å²) >= 11 is 0. The molecule has 5 heteroatoms. The highest BCUT2D eigenvalue weighted by molar-refractivity contribution is 5.71.